The summed E-state index contributed by atoms with van der Waals surface area (Å²) in [5.41, 5.74) is 1.86. The van der Waals surface area contributed by atoms with Gasteiger partial charge in [0.1, 0.15) is 0 Å². The van der Waals surface area contributed by atoms with Gasteiger partial charge in [0.15, 0.2) is 11.6 Å². The average Bonchev–Trinajstić information content (AvgIpc) is 3.01. The number of rotatable bonds is 4. The van der Waals surface area contributed by atoms with Crippen molar-refractivity contribution in [3.63, 3.8) is 0 Å². The van der Waals surface area contributed by atoms with Crippen LogP contribution in [0.15, 0.2) is 42.5 Å². The van der Waals surface area contributed by atoms with Crippen LogP contribution in [0.3, 0.4) is 0 Å². The minimum absolute atomic E-state index is 0.163. The Bertz CT molecular complexity index is 958. The van der Waals surface area contributed by atoms with E-state index in [1.54, 1.807) is 42.5 Å². The monoisotopic (exact) mass is 390 g/mol. The minimum atomic E-state index is -0.219. The second kappa shape index (κ2) is 8.29. The van der Waals surface area contributed by atoms with E-state index in [1.165, 1.54) is 25.7 Å². The molecule has 0 bridgehead atoms. The van der Waals surface area contributed by atoms with Crippen molar-refractivity contribution in [2.45, 2.75) is 44.6 Å². The normalized spacial score (nSPS) is 16.9. The lowest BCUT2D eigenvalue weighted by Gasteiger charge is -2.27. The average molecular weight is 390 g/mol. The number of carbonyl (C=O) groups is 3. The van der Waals surface area contributed by atoms with Gasteiger partial charge in [0, 0.05) is 22.7 Å². The summed E-state index contributed by atoms with van der Waals surface area (Å²) in [4.78, 5) is 40.7. The number of carbonyl (C=O) groups excluding carboxylic acids is 3. The van der Waals surface area contributed by atoms with Crippen molar-refractivity contribution in [3.8, 4) is 0 Å². The Morgan fingerprint density at radius 3 is 2.21 bits per heavy atom. The van der Waals surface area contributed by atoms with Gasteiger partial charge in [0.2, 0.25) is 5.91 Å². The molecule has 4 rings (SSSR count). The van der Waals surface area contributed by atoms with E-state index in [0.29, 0.717) is 34.0 Å². The fraction of sp³-hybridized carbons (Fsp3) is 0.375. The van der Waals surface area contributed by atoms with Gasteiger partial charge in [-0.25, -0.2) is 0 Å². The van der Waals surface area contributed by atoms with Gasteiger partial charge in [-0.2, -0.15) is 0 Å². The SMILES string of the molecule is CN(CC(=O)Nc1cccc2c1C(=O)c1ccccc1C2=O)C1CCCCCC1. The summed E-state index contributed by atoms with van der Waals surface area (Å²) in [5.74, 6) is -0.561. The van der Waals surface area contributed by atoms with Gasteiger partial charge < -0.3 is 5.32 Å². The molecule has 0 heterocycles. The van der Waals surface area contributed by atoms with Crippen LogP contribution in [-0.2, 0) is 4.79 Å². The molecule has 5 nitrogen and oxygen atoms in total. The predicted octanol–water partition coefficient (Wildman–Crippen LogP) is 4.06. The highest BCUT2D eigenvalue weighted by atomic mass is 16.2. The van der Waals surface area contributed by atoms with Crippen molar-refractivity contribution in [1.82, 2.24) is 4.90 Å². The highest BCUT2D eigenvalue weighted by molar-refractivity contribution is 6.30. The van der Waals surface area contributed by atoms with Crippen LogP contribution in [0.2, 0.25) is 0 Å². The first-order chi connectivity index (χ1) is 14.1. The number of fused-ring (bicyclic) bond motifs is 2. The third-order valence-corrected chi connectivity index (χ3v) is 6.07. The lowest BCUT2D eigenvalue weighted by atomic mass is 9.83. The number of ketones is 2. The van der Waals surface area contributed by atoms with Crippen LogP contribution in [0.5, 0.6) is 0 Å². The van der Waals surface area contributed by atoms with E-state index >= 15 is 0 Å². The maximum absolute atomic E-state index is 13.0. The Balaban J connectivity index is 1.54. The van der Waals surface area contributed by atoms with Crippen LogP contribution in [0, 0.1) is 0 Å². The highest BCUT2D eigenvalue weighted by Crippen LogP contribution is 2.32. The van der Waals surface area contributed by atoms with Gasteiger partial charge in [0.05, 0.1) is 17.8 Å². The first-order valence-corrected chi connectivity index (χ1v) is 10.4. The fourth-order valence-electron chi connectivity index (χ4n) is 4.49. The summed E-state index contributed by atoms with van der Waals surface area (Å²) >= 11 is 0. The molecular formula is C24H26N2O3. The molecule has 0 atom stereocenters. The molecule has 1 amide bonds. The number of amides is 1. The Morgan fingerprint density at radius 2 is 1.52 bits per heavy atom. The Kier molecular flexibility index (Phi) is 5.58. The van der Waals surface area contributed by atoms with E-state index in [4.69, 9.17) is 0 Å². The quantitative estimate of drug-likeness (QED) is 0.683. The third kappa shape index (κ3) is 3.87. The van der Waals surface area contributed by atoms with Crippen molar-refractivity contribution in [1.29, 1.82) is 0 Å². The number of benzene rings is 2. The molecule has 0 aromatic heterocycles. The number of anilines is 1. The molecule has 1 saturated carbocycles. The Morgan fingerprint density at radius 1 is 0.897 bits per heavy atom. The molecule has 1 fully saturated rings. The molecule has 29 heavy (non-hydrogen) atoms. The summed E-state index contributed by atoms with van der Waals surface area (Å²) in [6.45, 7) is 0.271. The molecule has 1 N–H and O–H groups in total. The summed E-state index contributed by atoms with van der Waals surface area (Å²) in [6, 6.07) is 12.3. The van der Waals surface area contributed by atoms with Crippen LogP contribution in [0.25, 0.3) is 0 Å². The maximum Gasteiger partial charge on any atom is 0.238 e. The van der Waals surface area contributed by atoms with Crippen molar-refractivity contribution in [2.75, 3.05) is 18.9 Å². The van der Waals surface area contributed by atoms with Crippen LogP contribution >= 0.6 is 0 Å². The van der Waals surface area contributed by atoms with E-state index in [-0.39, 0.29) is 24.0 Å². The summed E-state index contributed by atoms with van der Waals surface area (Å²) < 4.78 is 0. The van der Waals surface area contributed by atoms with Crippen molar-refractivity contribution in [2.24, 2.45) is 0 Å². The van der Waals surface area contributed by atoms with E-state index in [0.717, 1.165) is 12.8 Å². The largest absolute Gasteiger partial charge is 0.324 e. The smallest absolute Gasteiger partial charge is 0.238 e. The Labute approximate surface area is 171 Å². The third-order valence-electron chi connectivity index (χ3n) is 6.07. The Hall–Kier alpha value is -2.79. The van der Waals surface area contributed by atoms with E-state index in [2.05, 4.69) is 10.2 Å². The summed E-state index contributed by atoms with van der Waals surface area (Å²) in [5, 5.41) is 2.88. The van der Waals surface area contributed by atoms with Gasteiger partial charge in [-0.05, 0) is 26.0 Å². The molecule has 2 aromatic rings. The zero-order valence-corrected chi connectivity index (χ0v) is 16.7. The van der Waals surface area contributed by atoms with Crippen LogP contribution < -0.4 is 5.32 Å². The number of likely N-dealkylation sites (N-methyl/N-ethyl adjacent to an activating group) is 1. The second-order valence-corrected chi connectivity index (χ2v) is 8.04. The summed E-state index contributed by atoms with van der Waals surface area (Å²) in [6.07, 6.45) is 7.19. The van der Waals surface area contributed by atoms with Crippen molar-refractivity contribution < 1.29 is 14.4 Å². The van der Waals surface area contributed by atoms with Gasteiger partial charge in [-0.3, -0.25) is 19.3 Å². The fourth-order valence-corrected chi connectivity index (χ4v) is 4.49. The molecule has 2 aliphatic rings. The van der Waals surface area contributed by atoms with Gasteiger partial charge in [0.25, 0.3) is 0 Å². The number of nitrogens with zero attached hydrogens (tertiary/aromatic N) is 1. The molecule has 150 valence electrons. The van der Waals surface area contributed by atoms with Crippen LogP contribution in [-0.4, -0.2) is 42.0 Å². The van der Waals surface area contributed by atoms with E-state index in [1.807, 2.05) is 7.05 Å². The van der Waals surface area contributed by atoms with Crippen LogP contribution in [0.4, 0.5) is 5.69 Å². The van der Waals surface area contributed by atoms with Gasteiger partial charge in [-0.1, -0.05) is 62.1 Å². The van der Waals surface area contributed by atoms with Crippen molar-refractivity contribution in [3.05, 3.63) is 64.7 Å². The first-order valence-electron chi connectivity index (χ1n) is 10.4. The zero-order chi connectivity index (χ0) is 20.4. The molecule has 0 saturated heterocycles. The van der Waals surface area contributed by atoms with E-state index in [9.17, 15) is 14.4 Å². The molecule has 5 heteroatoms. The predicted molar refractivity (Wildman–Crippen MR) is 112 cm³/mol. The van der Waals surface area contributed by atoms with Gasteiger partial charge >= 0.3 is 0 Å². The van der Waals surface area contributed by atoms with E-state index < -0.39 is 0 Å². The molecule has 0 spiro atoms. The molecular weight excluding hydrogens is 364 g/mol. The lowest BCUT2D eigenvalue weighted by Crippen LogP contribution is -2.38. The first kappa shape index (κ1) is 19.5. The second-order valence-electron chi connectivity index (χ2n) is 8.04. The van der Waals surface area contributed by atoms with Gasteiger partial charge in [-0.15, -0.1) is 0 Å². The minimum Gasteiger partial charge on any atom is -0.324 e. The number of hydrogen-bond acceptors (Lipinski definition) is 4. The number of hydrogen-bond donors (Lipinski definition) is 1. The molecule has 0 aliphatic heterocycles. The topological polar surface area (TPSA) is 66.5 Å². The number of nitrogens with one attached hydrogen (secondary N) is 1. The standard InChI is InChI=1S/C24H26N2O3/c1-26(16-9-4-2-3-5-10-16)15-21(27)25-20-14-8-13-19-22(20)24(29)18-12-7-6-11-17(18)23(19)28/h6-8,11-14,16H,2-5,9-10,15H2,1H3,(H,25,27). The van der Waals surface area contributed by atoms with Crippen LogP contribution in [0.1, 0.15) is 70.4 Å². The lowest BCUT2D eigenvalue weighted by molar-refractivity contribution is -0.117. The molecule has 0 radical (unpaired) electrons. The van der Waals surface area contributed by atoms with Crippen molar-refractivity contribution >= 4 is 23.2 Å². The highest BCUT2D eigenvalue weighted by Gasteiger charge is 2.31. The summed E-state index contributed by atoms with van der Waals surface area (Å²) in [7, 11) is 1.99. The molecule has 0 unspecified atom stereocenters. The molecule has 2 aliphatic carbocycles. The zero-order valence-electron chi connectivity index (χ0n) is 16.7. The molecule has 2 aromatic carbocycles. The maximum atomic E-state index is 13.0.